The number of rotatable bonds is 20. The highest BCUT2D eigenvalue weighted by atomic mass is 16.9. The lowest BCUT2D eigenvalue weighted by atomic mass is 10.1. The Kier molecular flexibility index (Phi) is 14.9. The molecule has 0 spiro atoms. The topological polar surface area (TPSA) is 144 Å². The van der Waals surface area contributed by atoms with Crippen LogP contribution in [0.5, 0.6) is 28.7 Å². The fourth-order valence-electron chi connectivity index (χ4n) is 6.71. The van der Waals surface area contributed by atoms with Gasteiger partial charge in [-0.25, -0.2) is 4.79 Å². The second-order valence-corrected chi connectivity index (χ2v) is 13.5. The zero-order valence-electron chi connectivity index (χ0n) is 32.4. The second kappa shape index (κ2) is 20.8. The number of carbonyl (C=O) groups is 1. The first-order chi connectivity index (χ1) is 27.9. The maximum absolute atomic E-state index is 13.4. The van der Waals surface area contributed by atoms with Crippen LogP contribution in [0.15, 0.2) is 91.0 Å². The lowest BCUT2D eigenvalue weighted by Gasteiger charge is -2.42. The van der Waals surface area contributed by atoms with E-state index in [0.29, 0.717) is 76.3 Å². The number of carbonyl (C=O) groups excluding carboxylic acids is 1. The number of fused-ring (bicyclic) bond motifs is 1. The number of ether oxygens (including phenoxy) is 7. The molecule has 15 heteroatoms. The largest absolute Gasteiger partial charge is 0.496 e. The smallest absolute Gasteiger partial charge is 0.415 e. The first-order valence-electron chi connectivity index (χ1n) is 19.1. The summed E-state index contributed by atoms with van der Waals surface area (Å²) in [6, 6.07) is 27.8. The summed E-state index contributed by atoms with van der Waals surface area (Å²) in [6.45, 7) is 5.85. The summed E-state index contributed by atoms with van der Waals surface area (Å²) in [7, 11) is 3.36. The van der Waals surface area contributed by atoms with Gasteiger partial charge in [0.05, 0.1) is 45.2 Å². The van der Waals surface area contributed by atoms with Crippen molar-refractivity contribution in [1.29, 1.82) is 0 Å². The van der Waals surface area contributed by atoms with Gasteiger partial charge in [-0.05, 0) is 66.6 Å². The number of piperazine rings is 1. The molecule has 1 unspecified atom stereocenters. The van der Waals surface area contributed by atoms with Gasteiger partial charge in [0.25, 0.3) is 5.09 Å². The Morgan fingerprint density at radius 1 is 0.842 bits per heavy atom. The molecule has 0 aliphatic carbocycles. The van der Waals surface area contributed by atoms with Gasteiger partial charge in [-0.3, -0.25) is 0 Å². The van der Waals surface area contributed by atoms with Crippen LogP contribution in [0, 0.1) is 10.1 Å². The van der Waals surface area contributed by atoms with Crippen LogP contribution in [0.1, 0.15) is 24.0 Å². The number of benzene rings is 4. The van der Waals surface area contributed by atoms with Crippen molar-refractivity contribution >= 4 is 17.5 Å². The van der Waals surface area contributed by atoms with Crippen molar-refractivity contribution in [3.05, 3.63) is 112 Å². The van der Waals surface area contributed by atoms with Crippen molar-refractivity contribution in [2.24, 2.45) is 0 Å². The molecular weight excluding hydrogens is 736 g/mol. The van der Waals surface area contributed by atoms with Crippen LogP contribution in [-0.4, -0.2) is 102 Å². The Morgan fingerprint density at radius 3 is 2.42 bits per heavy atom. The minimum Gasteiger partial charge on any atom is -0.496 e. The van der Waals surface area contributed by atoms with Crippen LogP contribution in [0.4, 0.5) is 16.2 Å². The Bertz CT molecular complexity index is 1880. The minimum atomic E-state index is -0.848. The van der Waals surface area contributed by atoms with E-state index in [2.05, 4.69) is 14.6 Å². The Hall–Kier alpha value is -5.93. The van der Waals surface area contributed by atoms with Crippen LogP contribution < -0.4 is 33.5 Å². The van der Waals surface area contributed by atoms with E-state index in [1.165, 1.54) is 0 Å². The molecule has 0 aromatic heterocycles. The van der Waals surface area contributed by atoms with Crippen molar-refractivity contribution in [1.82, 2.24) is 4.90 Å². The third-order valence-corrected chi connectivity index (χ3v) is 9.64. The molecular formula is C42H50N4O11. The molecule has 1 atom stereocenters. The average Bonchev–Trinajstić information content (AvgIpc) is 3.24. The van der Waals surface area contributed by atoms with Crippen molar-refractivity contribution in [2.75, 3.05) is 89.8 Å². The first kappa shape index (κ1) is 40.7. The summed E-state index contributed by atoms with van der Waals surface area (Å²) in [6.07, 6.45) is 1.13. The van der Waals surface area contributed by atoms with Gasteiger partial charge in [0.2, 0.25) is 0 Å². The highest BCUT2D eigenvalue weighted by Gasteiger charge is 2.32. The molecule has 1 amide bonds. The van der Waals surface area contributed by atoms with Gasteiger partial charge in [-0.15, -0.1) is 10.1 Å². The molecule has 57 heavy (non-hydrogen) atoms. The van der Waals surface area contributed by atoms with Crippen LogP contribution in [-0.2, 0) is 27.5 Å². The molecule has 304 valence electrons. The zero-order chi connectivity index (χ0) is 39.8. The summed E-state index contributed by atoms with van der Waals surface area (Å²) in [4.78, 5) is 34.6. The number of hydrogen-bond donors (Lipinski definition) is 0. The van der Waals surface area contributed by atoms with E-state index in [9.17, 15) is 14.9 Å². The molecule has 1 fully saturated rings. The summed E-state index contributed by atoms with van der Waals surface area (Å²) in [5.74, 6) is 3.41. The lowest BCUT2D eigenvalue weighted by Crippen LogP contribution is -2.57. The molecule has 0 N–H and O–H groups in total. The highest BCUT2D eigenvalue weighted by molar-refractivity contribution is 5.71. The standard InChI is InChI=1S/C42H50N4O11/c1-50-23-5-19-43-22-26-54-41-18-17-38(27-39(41)43)55-31-35-28-44(42(47)57-37-13-9-32(10-14-37)29-56-46(48)49)20-21-45(35)34-11-15-36(16-12-34)53-25-6-24-52-30-33-7-3-4-8-40(33)51-2/h3-4,7-18,27,35H,5-6,19-26,28-31H2,1-2H3. The van der Waals surface area contributed by atoms with Crippen molar-refractivity contribution in [3.63, 3.8) is 0 Å². The second-order valence-electron chi connectivity index (χ2n) is 13.5. The zero-order valence-corrected chi connectivity index (χ0v) is 32.4. The predicted molar refractivity (Wildman–Crippen MR) is 212 cm³/mol. The van der Waals surface area contributed by atoms with Crippen molar-refractivity contribution in [3.8, 4) is 28.7 Å². The van der Waals surface area contributed by atoms with Crippen LogP contribution in [0.3, 0.4) is 0 Å². The highest BCUT2D eigenvalue weighted by Crippen LogP contribution is 2.35. The Labute approximate surface area is 332 Å². The Balaban J connectivity index is 1.08. The minimum absolute atomic E-state index is 0.193. The van der Waals surface area contributed by atoms with Crippen molar-refractivity contribution < 1.29 is 47.9 Å². The molecule has 0 radical (unpaired) electrons. The van der Waals surface area contributed by atoms with E-state index in [4.69, 9.17) is 33.2 Å². The number of para-hydroxylation sites is 1. The van der Waals surface area contributed by atoms with Crippen LogP contribution >= 0.6 is 0 Å². The maximum atomic E-state index is 13.4. The number of anilines is 2. The fraction of sp³-hybridized carbons (Fsp3) is 0.405. The van der Waals surface area contributed by atoms with E-state index in [-0.39, 0.29) is 12.6 Å². The fourth-order valence-corrected chi connectivity index (χ4v) is 6.71. The van der Waals surface area contributed by atoms with Gasteiger partial charge in [-0.2, -0.15) is 0 Å². The summed E-state index contributed by atoms with van der Waals surface area (Å²) < 4.78 is 40.6. The molecule has 2 aliphatic heterocycles. The molecule has 4 aromatic rings. The van der Waals surface area contributed by atoms with Crippen LogP contribution in [0.2, 0.25) is 0 Å². The predicted octanol–water partition coefficient (Wildman–Crippen LogP) is 6.39. The summed E-state index contributed by atoms with van der Waals surface area (Å²) in [5, 5.41) is 9.70. The molecule has 2 heterocycles. The average molecular weight is 787 g/mol. The molecule has 0 bridgehead atoms. The van der Waals surface area contributed by atoms with Gasteiger partial charge in [0.15, 0.2) is 0 Å². The molecule has 15 nitrogen and oxygen atoms in total. The molecule has 6 rings (SSSR count). The first-order valence-corrected chi connectivity index (χ1v) is 19.1. The third-order valence-electron chi connectivity index (χ3n) is 9.64. The quantitative estimate of drug-likeness (QED) is 0.0555. The van der Waals surface area contributed by atoms with Crippen LogP contribution in [0.25, 0.3) is 0 Å². The molecule has 0 saturated carbocycles. The van der Waals surface area contributed by atoms with Gasteiger partial charge in [0.1, 0.15) is 48.6 Å². The summed E-state index contributed by atoms with van der Waals surface area (Å²) >= 11 is 0. The number of nitrogens with zero attached hydrogens (tertiary/aromatic N) is 4. The van der Waals surface area contributed by atoms with E-state index in [1.807, 2.05) is 66.7 Å². The van der Waals surface area contributed by atoms with Gasteiger partial charge >= 0.3 is 6.09 Å². The normalized spacial score (nSPS) is 15.0. The number of hydrogen-bond acceptors (Lipinski definition) is 13. The van der Waals surface area contributed by atoms with E-state index < -0.39 is 11.2 Å². The molecule has 2 aliphatic rings. The molecule has 4 aromatic carbocycles. The SMILES string of the molecule is COCCCN1CCOc2ccc(OCC3CN(C(=O)Oc4ccc(CO[N+](=O)[O-])cc4)CCN3c3ccc(OCCCOCc4ccccc4OC)cc3)cc21. The van der Waals surface area contributed by atoms with E-state index in [0.717, 1.165) is 60.1 Å². The van der Waals surface area contributed by atoms with E-state index >= 15 is 0 Å². The van der Waals surface area contributed by atoms with Gasteiger partial charge in [-0.1, -0.05) is 30.3 Å². The van der Waals surface area contributed by atoms with Gasteiger partial charge in [0, 0.05) is 63.6 Å². The van der Waals surface area contributed by atoms with Gasteiger partial charge < -0.3 is 52.7 Å². The number of methoxy groups -OCH3 is 2. The lowest BCUT2D eigenvalue weighted by molar-refractivity contribution is -0.763. The molecule has 1 saturated heterocycles. The third kappa shape index (κ3) is 11.8. The van der Waals surface area contributed by atoms with Crippen molar-refractivity contribution in [2.45, 2.75) is 32.1 Å². The van der Waals surface area contributed by atoms with E-state index in [1.54, 1.807) is 43.4 Å². The summed E-state index contributed by atoms with van der Waals surface area (Å²) in [5.41, 5.74) is 3.54. The number of amides is 1. The maximum Gasteiger partial charge on any atom is 0.415 e. The monoisotopic (exact) mass is 786 g/mol. The Morgan fingerprint density at radius 2 is 1.63 bits per heavy atom.